The highest BCUT2D eigenvalue weighted by molar-refractivity contribution is 8.00. The minimum atomic E-state index is -1.14. The van der Waals surface area contributed by atoms with Gasteiger partial charge in [-0.05, 0) is 19.1 Å². The van der Waals surface area contributed by atoms with Crippen LogP contribution >= 0.6 is 11.8 Å². The molecule has 0 aromatic heterocycles. The van der Waals surface area contributed by atoms with Gasteiger partial charge in [0.25, 0.3) is 0 Å². The second-order valence-electron chi connectivity index (χ2n) is 3.33. The summed E-state index contributed by atoms with van der Waals surface area (Å²) in [5, 5.41) is 12.3. The Hall–Kier alpha value is -1.77. The maximum Gasteiger partial charge on any atom is 0.326 e. The predicted octanol–water partition coefficient (Wildman–Crippen LogP) is -1.11. The van der Waals surface area contributed by atoms with E-state index >= 15 is 0 Å². The topological polar surface area (TPSA) is 139 Å². The van der Waals surface area contributed by atoms with Crippen LogP contribution < -0.4 is 16.4 Å². The minimum absolute atomic E-state index is 0.174. The van der Waals surface area contributed by atoms with Crippen molar-refractivity contribution in [1.29, 1.82) is 0 Å². The molecule has 0 bridgehead atoms. The maximum atomic E-state index is 11.3. The molecule has 0 radical (unpaired) electrons. The van der Waals surface area contributed by atoms with Gasteiger partial charge >= 0.3 is 12.0 Å². The monoisotopic (exact) mass is 277 g/mol. The van der Waals surface area contributed by atoms with Gasteiger partial charge in [-0.15, -0.1) is 11.8 Å². The SMILES string of the molecule is CC(SCCC(NC=O)C(=O)O)C(=O)NC(N)=O. The van der Waals surface area contributed by atoms with Gasteiger partial charge in [0.05, 0.1) is 5.25 Å². The first-order valence-corrected chi connectivity index (χ1v) is 6.07. The van der Waals surface area contributed by atoms with Gasteiger partial charge in [0.2, 0.25) is 12.3 Å². The van der Waals surface area contributed by atoms with Crippen molar-refractivity contribution >= 4 is 36.1 Å². The number of carboxylic acid groups (broad SMARTS) is 1. The van der Waals surface area contributed by atoms with Gasteiger partial charge in [-0.25, -0.2) is 9.59 Å². The van der Waals surface area contributed by atoms with Crippen molar-refractivity contribution < 1.29 is 24.3 Å². The summed E-state index contributed by atoms with van der Waals surface area (Å²) in [6.45, 7) is 1.56. The lowest BCUT2D eigenvalue weighted by Gasteiger charge is -2.13. The van der Waals surface area contributed by atoms with Crippen LogP contribution in [0.4, 0.5) is 4.79 Å². The summed E-state index contributed by atoms with van der Waals surface area (Å²) < 4.78 is 0. The highest BCUT2D eigenvalue weighted by Gasteiger charge is 2.19. The van der Waals surface area contributed by atoms with Gasteiger partial charge in [-0.2, -0.15) is 0 Å². The number of amides is 4. The summed E-state index contributed by atoms with van der Waals surface area (Å²) in [7, 11) is 0. The van der Waals surface area contributed by atoms with Gasteiger partial charge in [0.1, 0.15) is 6.04 Å². The zero-order chi connectivity index (χ0) is 14.1. The molecule has 4 amide bonds. The summed E-state index contributed by atoms with van der Waals surface area (Å²) in [5.41, 5.74) is 4.78. The number of carbonyl (C=O) groups is 4. The van der Waals surface area contributed by atoms with E-state index in [0.717, 1.165) is 11.8 Å². The number of urea groups is 1. The van der Waals surface area contributed by atoms with Crippen molar-refractivity contribution in [3.8, 4) is 0 Å². The maximum absolute atomic E-state index is 11.3. The fourth-order valence-corrected chi connectivity index (χ4v) is 1.96. The van der Waals surface area contributed by atoms with E-state index < -0.39 is 29.2 Å². The molecule has 0 fully saturated rings. The number of primary amides is 1. The number of hydrogen-bond donors (Lipinski definition) is 4. The van der Waals surface area contributed by atoms with Gasteiger partial charge in [-0.3, -0.25) is 14.9 Å². The van der Waals surface area contributed by atoms with Crippen molar-refractivity contribution in [2.45, 2.75) is 24.6 Å². The first kappa shape index (κ1) is 16.2. The molecule has 9 heteroatoms. The first-order chi connectivity index (χ1) is 8.38. The zero-order valence-corrected chi connectivity index (χ0v) is 10.5. The lowest BCUT2D eigenvalue weighted by atomic mass is 10.2. The van der Waals surface area contributed by atoms with Crippen LogP contribution in [0.2, 0.25) is 0 Å². The summed E-state index contributed by atoms with van der Waals surface area (Å²) in [6.07, 6.45) is 0.486. The highest BCUT2D eigenvalue weighted by atomic mass is 32.2. The second kappa shape index (κ2) is 8.34. The standard InChI is InChI=1S/C9H15N3O5S/c1-5(7(14)12-9(10)17)18-3-2-6(8(15)16)11-4-13/h4-6H,2-3H2,1H3,(H,11,13)(H,15,16)(H3,10,12,14,17). The molecule has 8 nitrogen and oxygen atoms in total. The number of carboxylic acids is 1. The number of hydrogen-bond acceptors (Lipinski definition) is 5. The number of aliphatic carboxylic acids is 1. The normalized spacial score (nSPS) is 13.2. The summed E-state index contributed by atoms with van der Waals surface area (Å²) in [5.74, 6) is -1.34. The van der Waals surface area contributed by atoms with Crippen molar-refractivity contribution in [3.63, 3.8) is 0 Å². The third kappa shape index (κ3) is 6.74. The molecule has 2 unspecified atom stereocenters. The predicted molar refractivity (Wildman–Crippen MR) is 64.9 cm³/mol. The Labute approximate surface area is 108 Å². The van der Waals surface area contributed by atoms with Crippen molar-refractivity contribution in [3.05, 3.63) is 0 Å². The zero-order valence-electron chi connectivity index (χ0n) is 9.71. The average Bonchev–Trinajstić information content (AvgIpc) is 2.26. The molecule has 0 aliphatic carbocycles. The molecular formula is C9H15N3O5S. The Kier molecular flexibility index (Phi) is 7.52. The third-order valence-electron chi connectivity index (χ3n) is 1.96. The minimum Gasteiger partial charge on any atom is -0.480 e. The van der Waals surface area contributed by atoms with E-state index in [1.54, 1.807) is 6.92 Å². The second-order valence-corrected chi connectivity index (χ2v) is 4.78. The molecule has 0 saturated carbocycles. The number of imide groups is 1. The molecule has 18 heavy (non-hydrogen) atoms. The van der Waals surface area contributed by atoms with Crippen LogP contribution in [0.5, 0.6) is 0 Å². The summed E-state index contributed by atoms with van der Waals surface area (Å²) in [6, 6.07) is -1.92. The molecule has 0 aromatic carbocycles. The van der Waals surface area contributed by atoms with Crippen LogP contribution in [-0.4, -0.2) is 46.5 Å². The molecule has 0 aliphatic heterocycles. The highest BCUT2D eigenvalue weighted by Crippen LogP contribution is 2.13. The van der Waals surface area contributed by atoms with Crippen LogP contribution in [-0.2, 0) is 14.4 Å². The van der Waals surface area contributed by atoms with E-state index in [-0.39, 0.29) is 6.42 Å². The number of rotatable bonds is 8. The summed E-state index contributed by atoms with van der Waals surface area (Å²) >= 11 is 1.16. The fourth-order valence-electron chi connectivity index (χ4n) is 1.02. The largest absolute Gasteiger partial charge is 0.480 e. The Morgan fingerprint density at radius 2 is 2.06 bits per heavy atom. The van der Waals surface area contributed by atoms with E-state index in [4.69, 9.17) is 10.8 Å². The van der Waals surface area contributed by atoms with Gasteiger partial charge in [0.15, 0.2) is 0 Å². The van der Waals surface area contributed by atoms with Crippen LogP contribution in [0.15, 0.2) is 0 Å². The number of nitrogens with one attached hydrogen (secondary N) is 2. The molecule has 0 heterocycles. The molecular weight excluding hydrogens is 262 g/mol. The van der Waals surface area contributed by atoms with E-state index in [1.165, 1.54) is 0 Å². The molecule has 0 aromatic rings. The van der Waals surface area contributed by atoms with Crippen molar-refractivity contribution in [2.75, 3.05) is 5.75 Å². The molecule has 102 valence electrons. The van der Waals surface area contributed by atoms with Gasteiger partial charge in [0, 0.05) is 0 Å². The van der Waals surface area contributed by atoms with Crippen molar-refractivity contribution in [1.82, 2.24) is 10.6 Å². The summed E-state index contributed by atoms with van der Waals surface area (Å²) in [4.78, 5) is 42.5. The van der Waals surface area contributed by atoms with Gasteiger partial charge in [-0.1, -0.05) is 0 Å². The smallest absolute Gasteiger partial charge is 0.326 e. The molecule has 5 N–H and O–H groups in total. The van der Waals surface area contributed by atoms with Crippen LogP contribution in [0.3, 0.4) is 0 Å². The number of thioether (sulfide) groups is 1. The van der Waals surface area contributed by atoms with E-state index in [0.29, 0.717) is 12.2 Å². The number of nitrogens with two attached hydrogens (primary N) is 1. The van der Waals surface area contributed by atoms with Crippen LogP contribution in [0.1, 0.15) is 13.3 Å². The lowest BCUT2D eigenvalue weighted by Crippen LogP contribution is -2.40. The first-order valence-electron chi connectivity index (χ1n) is 5.03. The van der Waals surface area contributed by atoms with E-state index in [9.17, 15) is 19.2 Å². The third-order valence-corrected chi connectivity index (χ3v) is 3.14. The molecule has 0 aliphatic rings. The van der Waals surface area contributed by atoms with Gasteiger partial charge < -0.3 is 16.2 Å². The molecule has 0 spiro atoms. The molecule has 2 atom stereocenters. The quantitative estimate of drug-likeness (QED) is 0.415. The van der Waals surface area contributed by atoms with Crippen LogP contribution in [0.25, 0.3) is 0 Å². The van der Waals surface area contributed by atoms with E-state index in [1.807, 2.05) is 5.32 Å². The Morgan fingerprint density at radius 3 is 2.50 bits per heavy atom. The number of carbonyl (C=O) groups excluding carboxylic acids is 3. The van der Waals surface area contributed by atoms with Crippen LogP contribution in [0, 0.1) is 0 Å². The lowest BCUT2D eigenvalue weighted by molar-refractivity contribution is -0.140. The van der Waals surface area contributed by atoms with E-state index in [2.05, 4.69) is 5.32 Å². The Balaban J connectivity index is 4.01. The van der Waals surface area contributed by atoms with Crippen molar-refractivity contribution in [2.24, 2.45) is 5.73 Å². The Morgan fingerprint density at radius 1 is 1.44 bits per heavy atom. The average molecular weight is 277 g/mol. The fraction of sp³-hybridized carbons (Fsp3) is 0.556. The Bertz CT molecular complexity index is 336. The molecule has 0 saturated heterocycles. The molecule has 0 rings (SSSR count).